The molecule has 12 aliphatic heterocycles. The van der Waals surface area contributed by atoms with Gasteiger partial charge in [0.15, 0.2) is 36.7 Å². The van der Waals surface area contributed by atoms with Crippen LogP contribution in [-0.2, 0) is 114 Å². The van der Waals surface area contributed by atoms with Crippen molar-refractivity contribution in [1.82, 2.24) is 11.0 Å². The van der Waals surface area contributed by atoms with Crippen molar-refractivity contribution in [3.8, 4) is 11.5 Å². The highest BCUT2D eigenvalue weighted by atomic mass is 16.8. The van der Waals surface area contributed by atoms with Crippen LogP contribution in [0.4, 0.5) is 9.59 Å². The third kappa shape index (κ3) is 23.1. The number of rotatable bonds is 22. The van der Waals surface area contributed by atoms with Gasteiger partial charge in [0.05, 0.1) is 98.7 Å². The summed E-state index contributed by atoms with van der Waals surface area (Å²) in [5.41, 5.74) is 4.54. The Balaban J connectivity index is 0.523. The molecule has 0 saturated carbocycles. The molecule has 15 rings (SSSR count). The van der Waals surface area contributed by atoms with Crippen LogP contribution in [-0.4, -0.2) is 281 Å². The summed E-state index contributed by atoms with van der Waals surface area (Å²) in [6.07, 6.45) is 9.99. The summed E-state index contributed by atoms with van der Waals surface area (Å²) in [6.45, 7) is 31.6. The van der Waals surface area contributed by atoms with Crippen LogP contribution in [0.3, 0.4) is 0 Å². The molecule has 40 atom stereocenters. The van der Waals surface area contributed by atoms with E-state index in [4.69, 9.17) is 114 Å². The third-order valence-electron chi connectivity index (χ3n) is 30.7. The maximum atomic E-state index is 14.6. The summed E-state index contributed by atoms with van der Waals surface area (Å²) in [5, 5.41) is 48.3. The fourth-order valence-corrected chi connectivity index (χ4v) is 22.5. The van der Waals surface area contributed by atoms with Gasteiger partial charge in [0.25, 0.3) is 0 Å². The second-order valence-corrected chi connectivity index (χ2v) is 40.6. The smallest absolute Gasteiger partial charge is 0.436 e. The van der Waals surface area contributed by atoms with Crippen LogP contribution < -0.4 is 20.4 Å². The van der Waals surface area contributed by atoms with Gasteiger partial charge in [-0.15, -0.1) is 0 Å². The largest absolute Gasteiger partial charge is 0.462 e. The van der Waals surface area contributed by atoms with Crippen molar-refractivity contribution in [3.05, 3.63) is 143 Å². The number of esters is 2. The number of aliphatic hydroxyl groups is 4. The molecule has 12 heterocycles. The van der Waals surface area contributed by atoms with Crippen molar-refractivity contribution in [2.24, 2.45) is 47.3 Å². The van der Waals surface area contributed by atoms with Gasteiger partial charge in [-0.2, -0.15) is 11.0 Å². The van der Waals surface area contributed by atoms with E-state index >= 15 is 0 Å². The lowest BCUT2D eigenvalue weighted by Crippen LogP contribution is -2.58. The molecule has 8 saturated heterocycles. The van der Waals surface area contributed by atoms with Gasteiger partial charge in [0.2, 0.25) is 0 Å². The highest BCUT2D eigenvalue weighted by Crippen LogP contribution is 2.51. The molecule has 2 aliphatic carbocycles. The molecule has 2 amide bonds. The topological polar surface area (TPSA) is 395 Å². The lowest BCUT2D eigenvalue weighted by molar-refractivity contribution is -0.323. The Morgan fingerprint density at radius 2 is 0.833 bits per heavy atom. The average molecular weight is 1940 g/mol. The molecule has 0 aromatic heterocycles. The summed E-state index contributed by atoms with van der Waals surface area (Å²) in [7, 11) is 6.25. The van der Waals surface area contributed by atoms with Crippen LogP contribution in [0.1, 0.15) is 188 Å². The van der Waals surface area contributed by atoms with Gasteiger partial charge in [0.1, 0.15) is 95.6 Å². The van der Waals surface area contributed by atoms with Crippen LogP contribution >= 0.6 is 0 Å². The zero-order valence-corrected chi connectivity index (χ0v) is 83.3. The second kappa shape index (κ2) is 45.2. The molecule has 2 spiro atoms. The zero-order chi connectivity index (χ0) is 98.7. The Hall–Kier alpha value is -6.86. The number of amides is 2. The van der Waals surface area contributed by atoms with Gasteiger partial charge >= 0.3 is 24.1 Å². The Morgan fingerprint density at radius 3 is 1.20 bits per heavy atom. The van der Waals surface area contributed by atoms with E-state index in [0.717, 1.165) is 24.0 Å². The van der Waals surface area contributed by atoms with Gasteiger partial charge in [-0.05, 0) is 138 Å². The minimum atomic E-state index is -1.91. The number of benzene rings is 1. The number of methoxy groups -OCH3 is 4. The van der Waals surface area contributed by atoms with Crippen LogP contribution in [0.15, 0.2) is 143 Å². The Morgan fingerprint density at radius 1 is 0.471 bits per heavy atom. The van der Waals surface area contributed by atoms with Crippen molar-refractivity contribution in [2.75, 3.05) is 41.7 Å². The minimum Gasteiger partial charge on any atom is -0.462 e. The first-order chi connectivity index (χ1) is 65.9. The monoisotopic (exact) mass is 1940 g/mol. The van der Waals surface area contributed by atoms with Crippen LogP contribution in [0, 0.1) is 47.3 Å². The SMILES string of the molecule is CC[C@H](C)[C@H]1O[C@]2(C=C[C@@H]1C)C[C@@H]1C[C@@H](C/C=C(\C)[C@@H](O[C@H]3C[C@H](OC)[C@@H](O[C@H]4C[C@H](OC)[C@@H](ONC(=O)Oc5cccc(OC(=O)NO[C@H]6[C@H](C)O[C@@H](O[C@H]7[C@H](C)O[C@@H](OC8/C(C)=C/C[C@@H]9C[C@@H](C[C@]%10(C=CC(C)[C@@H]([C@@H](C)CC)O%10)O9)OC(=O)[C@@H]9C=C(C)[C@@H](O)[C@H]%10OC/C(=C\C=C\[C@@H]8C)[C@]%109O)C[C@@H]7OC)C[C@@H]6OC)c5)[C@H](C)O4)[C@H](C)O3)[C@@H](C)/C=C/C=C3\COC4[C@H](O)C(C)=C[C@@H](C(=O)O1)C34O)O2. The van der Waals surface area contributed by atoms with Gasteiger partial charge in [0, 0.05) is 110 Å². The average Bonchev–Trinajstić information content (AvgIpc) is 1.70. The number of fused-ring (bicyclic) bond motifs is 4. The van der Waals surface area contributed by atoms with E-state index in [1.165, 1.54) is 38.5 Å². The fourth-order valence-electron chi connectivity index (χ4n) is 22.5. The lowest BCUT2D eigenvalue weighted by Gasteiger charge is -2.48. The van der Waals surface area contributed by atoms with E-state index < -0.39 is 218 Å². The Labute approximate surface area is 810 Å². The number of hydroxylamine groups is 2. The van der Waals surface area contributed by atoms with E-state index in [1.807, 2.05) is 78.0 Å². The second-order valence-electron chi connectivity index (χ2n) is 40.6. The Kier molecular flexibility index (Phi) is 34.5. The number of carbonyl (C=O) groups excluding carboxylic acids is 4. The molecule has 4 unspecified atom stereocenters. The quantitative estimate of drug-likeness (QED) is 0.0357. The van der Waals surface area contributed by atoms with E-state index in [0.29, 0.717) is 48.0 Å². The molecule has 0 radical (unpaired) electrons. The molecule has 6 N–H and O–H groups in total. The lowest BCUT2D eigenvalue weighted by atomic mass is 9.71. The van der Waals surface area contributed by atoms with Gasteiger partial charge in [-0.25, -0.2) is 9.59 Å². The molecule has 138 heavy (non-hydrogen) atoms. The van der Waals surface area contributed by atoms with Crippen molar-refractivity contribution in [1.29, 1.82) is 0 Å². The maximum absolute atomic E-state index is 14.6. The molecule has 34 heteroatoms. The van der Waals surface area contributed by atoms with E-state index in [9.17, 15) is 39.6 Å². The fraction of sp³-hybridized carbons (Fsp3) is 0.712. The van der Waals surface area contributed by atoms with Crippen molar-refractivity contribution in [3.63, 3.8) is 0 Å². The first-order valence-electron chi connectivity index (χ1n) is 49.6. The number of aliphatic hydroxyl groups excluding tert-OH is 2. The Bertz CT molecular complexity index is 4420. The number of ether oxygens (including phenoxy) is 22. The predicted molar refractivity (Wildman–Crippen MR) is 497 cm³/mol. The predicted octanol–water partition coefficient (Wildman–Crippen LogP) is 12.5. The number of allylic oxidation sites excluding steroid dienone is 4. The van der Waals surface area contributed by atoms with Gasteiger partial charge < -0.3 is 125 Å². The summed E-state index contributed by atoms with van der Waals surface area (Å²) in [5.74, 6) is -5.89. The molecule has 34 nitrogen and oxygen atoms in total. The molecular weight excluding hydrogens is 1790 g/mol. The van der Waals surface area contributed by atoms with Gasteiger partial charge in [-0.3, -0.25) is 19.3 Å². The van der Waals surface area contributed by atoms with Gasteiger partial charge in [-0.1, -0.05) is 147 Å². The van der Waals surface area contributed by atoms with Crippen molar-refractivity contribution in [2.45, 2.75) is 382 Å². The standard InChI is InChI=1S/C104H148N2O32/c1-21-53(3)89-59(9)36-38-101(135-89)49-73-43-71(133-101)34-32-57(7)87(55(5)26-23-28-67-51-119-95-85(107)61(11)40-75(97(109)125-73)103(67,95)113)129-81-45-77(115-17)91(63(13)121-81)131-83-47-79(117-19)93(65(15)123-83)137-105-99(111)127-69-30-25-31-70(42-69)128-100(112)106-138-94-66(16)124-84(48-80(94)118-20)132-92-64(14)122-82(46-78(92)116-18)130-88-56(6)27-24-29-68-52-120-96-86(108)62(12)41-76(104(68,96)114)98(110)126-74-44-72(35-33-58(88)8)134-102(50-74)39-37-60(10)90(136-102)54(4)22-2/h23-33,36-42,53-56,59-60,63-66,71-96,107-108,113-114H,21-22,34-35,43-52H2,1-20H3,(H,105,111)(H,106,112)/b26-23+,27-24+,57-32+,58-33+,67-28+,68-29+/t53-,54-,55-,56-,59-,60?,63-,64-,65-,66-,71+,72+,73-,74-,75-,76-,77-,78-,79-,80-,81-,82-,83-,84-,85+,86+,87-,88?,89+,90+,91-,92-,93-,94-,95?,96+,101+,102+,103?,104+/m0/s1. The first kappa shape index (κ1) is 105. The number of carbonyl (C=O) groups is 4. The minimum absolute atomic E-state index is 0.000904. The number of hydrogen-bond donors (Lipinski definition) is 6. The maximum Gasteiger partial charge on any atom is 0.436 e. The number of hydrogen-bond acceptors (Lipinski definition) is 32. The van der Waals surface area contributed by atoms with E-state index in [-0.39, 0.29) is 111 Å². The summed E-state index contributed by atoms with van der Waals surface area (Å²) in [4.78, 5) is 68.1. The molecule has 8 fully saturated rings. The summed E-state index contributed by atoms with van der Waals surface area (Å²) in [6, 6.07) is 5.82. The molecule has 1 aromatic rings. The molecule has 766 valence electrons. The molecule has 14 aliphatic rings. The first-order valence-corrected chi connectivity index (χ1v) is 49.6. The van der Waals surface area contributed by atoms with Crippen molar-refractivity contribution < 1.29 is 153 Å². The highest BCUT2D eigenvalue weighted by Gasteiger charge is 2.63. The normalized spacial score (nSPS) is 45.3. The van der Waals surface area contributed by atoms with Crippen LogP contribution in [0.2, 0.25) is 0 Å². The van der Waals surface area contributed by atoms with Crippen LogP contribution in [0.5, 0.6) is 11.5 Å². The van der Waals surface area contributed by atoms with Crippen molar-refractivity contribution >= 4 is 24.1 Å². The third-order valence-corrected chi connectivity index (χ3v) is 30.7. The molecule has 4 bridgehead atoms. The van der Waals surface area contributed by atoms with E-state index in [2.05, 4.69) is 76.8 Å². The molecular formula is C104H148N2O32. The van der Waals surface area contributed by atoms with E-state index in [1.54, 1.807) is 66.2 Å². The van der Waals surface area contributed by atoms with Crippen LogP contribution in [0.25, 0.3) is 0 Å². The summed E-state index contributed by atoms with van der Waals surface area (Å²) >= 11 is 0. The molecule has 1 aromatic carbocycles. The number of nitrogens with one attached hydrogen (secondary N) is 2. The highest BCUT2D eigenvalue weighted by molar-refractivity contribution is 5.80. The zero-order valence-electron chi connectivity index (χ0n) is 83.3. The summed E-state index contributed by atoms with van der Waals surface area (Å²) < 4.78 is 142.